The van der Waals surface area contributed by atoms with E-state index in [0.717, 1.165) is 0 Å². The predicted octanol–water partition coefficient (Wildman–Crippen LogP) is 4.48. The van der Waals surface area contributed by atoms with E-state index in [-0.39, 0.29) is 0 Å². The van der Waals surface area contributed by atoms with E-state index in [4.69, 9.17) is 0 Å². The van der Waals surface area contributed by atoms with Gasteiger partial charge in [0, 0.05) is 0 Å². The molecule has 0 N–H and O–H groups in total. The fraction of sp³-hybridized carbons (Fsp3) is 0.0556. The average molecular weight is 320 g/mol. The summed E-state index contributed by atoms with van der Waals surface area (Å²) in [5.74, 6) is 0. The summed E-state index contributed by atoms with van der Waals surface area (Å²) in [6, 6.07) is 17.6. The molecular formula is C18H12Zr+2. The minimum absolute atomic E-state index is 1.37. The first-order valence-electron chi connectivity index (χ1n) is 6.48. The van der Waals surface area contributed by atoms with Crippen molar-refractivity contribution >= 4 is 30.8 Å². The Bertz CT molecular complexity index is 885. The molecule has 0 aliphatic heterocycles. The summed E-state index contributed by atoms with van der Waals surface area (Å²) in [5.41, 5.74) is 4.30. The third-order valence-electron chi connectivity index (χ3n) is 3.98. The first-order valence-corrected chi connectivity index (χ1v) is 7.71. The van der Waals surface area contributed by atoms with Crippen molar-refractivity contribution in [3.63, 3.8) is 0 Å². The van der Waals surface area contributed by atoms with Crippen LogP contribution in [0, 0.1) is 0 Å². The average Bonchev–Trinajstić information content (AvgIpc) is 2.76. The molecule has 1 aliphatic carbocycles. The van der Waals surface area contributed by atoms with Crippen LogP contribution in [0.3, 0.4) is 0 Å². The van der Waals surface area contributed by atoms with Gasteiger partial charge in [-0.2, -0.15) is 0 Å². The molecule has 0 saturated heterocycles. The van der Waals surface area contributed by atoms with Crippen molar-refractivity contribution in [2.45, 2.75) is 6.92 Å². The van der Waals surface area contributed by atoms with E-state index in [2.05, 4.69) is 61.5 Å². The van der Waals surface area contributed by atoms with Crippen LogP contribution in [-0.2, 0) is 24.2 Å². The normalized spacial score (nSPS) is 14.1. The Morgan fingerprint density at radius 2 is 1.26 bits per heavy atom. The van der Waals surface area contributed by atoms with Crippen molar-refractivity contribution in [2.75, 3.05) is 0 Å². The molecule has 3 aromatic rings. The molecule has 0 atom stereocenters. The van der Waals surface area contributed by atoms with Crippen LogP contribution in [0.15, 0.2) is 54.1 Å². The summed E-state index contributed by atoms with van der Waals surface area (Å²) in [5, 5.41) is 5.52. The monoisotopic (exact) mass is 318 g/mol. The van der Waals surface area contributed by atoms with Gasteiger partial charge in [0.15, 0.2) is 0 Å². The molecule has 0 saturated carbocycles. The molecule has 0 heterocycles. The van der Waals surface area contributed by atoms with Gasteiger partial charge >= 0.3 is 127 Å². The first-order chi connectivity index (χ1) is 9.27. The first kappa shape index (κ1) is 11.5. The molecule has 86 valence electrons. The van der Waals surface area contributed by atoms with Gasteiger partial charge in [0.25, 0.3) is 0 Å². The molecule has 19 heavy (non-hydrogen) atoms. The van der Waals surface area contributed by atoms with Crippen LogP contribution in [-0.4, -0.2) is 3.21 Å². The van der Waals surface area contributed by atoms with Crippen LogP contribution < -0.4 is 0 Å². The molecule has 4 rings (SSSR count). The summed E-state index contributed by atoms with van der Waals surface area (Å²) in [6.07, 6.45) is 2.36. The van der Waals surface area contributed by atoms with Gasteiger partial charge in [0.2, 0.25) is 0 Å². The summed E-state index contributed by atoms with van der Waals surface area (Å²) in [7, 11) is 0. The molecule has 1 aliphatic rings. The number of fused-ring (bicyclic) bond motifs is 6. The van der Waals surface area contributed by atoms with Crippen molar-refractivity contribution in [1.29, 1.82) is 0 Å². The number of allylic oxidation sites excluding steroid dienone is 1. The van der Waals surface area contributed by atoms with E-state index in [9.17, 15) is 0 Å². The topological polar surface area (TPSA) is 0 Å². The van der Waals surface area contributed by atoms with E-state index in [0.29, 0.717) is 0 Å². The van der Waals surface area contributed by atoms with Gasteiger partial charge in [-0.25, -0.2) is 0 Å². The number of hydrogen-bond acceptors (Lipinski definition) is 0. The molecule has 0 nitrogen and oxygen atoms in total. The molecule has 0 spiro atoms. The SMILES string of the molecule is CC1=Cc2c(c3ccccc3c3ccccc23)[C]1=[Zr+2]. The van der Waals surface area contributed by atoms with E-state index in [1.807, 2.05) is 0 Å². The van der Waals surface area contributed by atoms with Crippen LogP contribution in [0.2, 0.25) is 0 Å². The summed E-state index contributed by atoms with van der Waals surface area (Å²) in [4.78, 5) is 0. The van der Waals surface area contributed by atoms with Gasteiger partial charge in [-0.1, -0.05) is 0 Å². The Balaban J connectivity index is 2.35. The van der Waals surface area contributed by atoms with Gasteiger partial charge in [-0.05, 0) is 0 Å². The molecule has 0 radical (unpaired) electrons. The second-order valence-corrected chi connectivity index (χ2v) is 6.31. The van der Waals surface area contributed by atoms with E-state index in [1.165, 1.54) is 65.7 Å². The maximum absolute atomic E-state index is 2.36. The minimum atomic E-state index is 1.37. The van der Waals surface area contributed by atoms with Gasteiger partial charge in [0.05, 0.1) is 0 Å². The molecule has 3 aromatic carbocycles. The van der Waals surface area contributed by atoms with Crippen LogP contribution in [0.1, 0.15) is 18.1 Å². The van der Waals surface area contributed by atoms with Crippen LogP contribution in [0.25, 0.3) is 27.6 Å². The molecular weight excluding hydrogens is 307 g/mol. The maximum atomic E-state index is 2.36. The number of hydrogen-bond donors (Lipinski definition) is 0. The van der Waals surface area contributed by atoms with Crippen molar-refractivity contribution in [3.05, 3.63) is 65.2 Å². The molecule has 1 heteroatoms. The summed E-state index contributed by atoms with van der Waals surface area (Å²) < 4.78 is 1.50. The summed E-state index contributed by atoms with van der Waals surface area (Å²) in [6.45, 7) is 2.23. The van der Waals surface area contributed by atoms with E-state index in [1.54, 1.807) is 0 Å². The van der Waals surface area contributed by atoms with Gasteiger partial charge in [-0.15, -0.1) is 0 Å². The zero-order chi connectivity index (χ0) is 13.0. The van der Waals surface area contributed by atoms with Crippen molar-refractivity contribution in [2.24, 2.45) is 0 Å². The van der Waals surface area contributed by atoms with Gasteiger partial charge < -0.3 is 0 Å². The molecule has 0 bridgehead atoms. The number of rotatable bonds is 0. The van der Waals surface area contributed by atoms with E-state index < -0.39 is 0 Å². The fourth-order valence-electron chi connectivity index (χ4n) is 3.07. The predicted molar refractivity (Wildman–Crippen MR) is 79.2 cm³/mol. The van der Waals surface area contributed by atoms with Crippen molar-refractivity contribution in [1.82, 2.24) is 0 Å². The zero-order valence-electron chi connectivity index (χ0n) is 10.7. The molecule has 0 unspecified atom stereocenters. The number of benzene rings is 3. The Hall–Kier alpha value is -1.33. The molecule has 0 fully saturated rings. The zero-order valence-corrected chi connectivity index (χ0v) is 13.2. The Labute approximate surface area is 127 Å². The second-order valence-electron chi connectivity index (χ2n) is 5.08. The van der Waals surface area contributed by atoms with Crippen molar-refractivity contribution in [3.8, 4) is 0 Å². The van der Waals surface area contributed by atoms with E-state index >= 15 is 0 Å². The van der Waals surface area contributed by atoms with Gasteiger partial charge in [-0.3, -0.25) is 0 Å². The van der Waals surface area contributed by atoms with Crippen LogP contribution in [0.4, 0.5) is 0 Å². The van der Waals surface area contributed by atoms with Crippen LogP contribution in [0.5, 0.6) is 0 Å². The van der Waals surface area contributed by atoms with Crippen LogP contribution >= 0.6 is 0 Å². The Morgan fingerprint density at radius 3 is 1.95 bits per heavy atom. The Kier molecular flexibility index (Phi) is 2.47. The quantitative estimate of drug-likeness (QED) is 0.536. The second kappa shape index (κ2) is 4.08. The standard InChI is InChI=1S/C18H12.Zr/c1-12-10-17-15-8-4-2-6-13(15)14-7-3-5-9-16(14)18(17)11-12;/h2-10H,1H3;/q;+2. The van der Waals surface area contributed by atoms with Gasteiger partial charge in [0.1, 0.15) is 0 Å². The summed E-state index contributed by atoms with van der Waals surface area (Å²) >= 11 is 1.50. The molecule has 0 aromatic heterocycles. The third-order valence-corrected chi connectivity index (χ3v) is 5.56. The van der Waals surface area contributed by atoms with Crippen molar-refractivity contribution < 1.29 is 24.2 Å². The fourth-order valence-corrected chi connectivity index (χ4v) is 3.91. The molecule has 0 amide bonds. The third kappa shape index (κ3) is 1.52. The Morgan fingerprint density at radius 1 is 0.737 bits per heavy atom.